The highest BCUT2D eigenvalue weighted by Crippen LogP contribution is 2.34. The van der Waals surface area contributed by atoms with Gasteiger partial charge in [0.05, 0.1) is 0 Å². The van der Waals surface area contributed by atoms with Gasteiger partial charge in [0.15, 0.2) is 11.5 Å². The molecule has 1 aromatic carbocycles. The van der Waals surface area contributed by atoms with Gasteiger partial charge in [-0.3, -0.25) is 4.90 Å². The summed E-state index contributed by atoms with van der Waals surface area (Å²) in [5.41, 5.74) is 1.26. The van der Waals surface area contributed by atoms with E-state index in [-0.39, 0.29) is 0 Å². The van der Waals surface area contributed by atoms with Crippen molar-refractivity contribution in [1.82, 2.24) is 10.2 Å². The van der Waals surface area contributed by atoms with E-state index in [0.717, 1.165) is 31.1 Å². The second-order valence-electron chi connectivity index (χ2n) is 5.40. The van der Waals surface area contributed by atoms with Gasteiger partial charge in [-0.05, 0) is 44.6 Å². The van der Waals surface area contributed by atoms with Gasteiger partial charge >= 0.3 is 0 Å². The van der Waals surface area contributed by atoms with Crippen LogP contribution in [0.2, 0.25) is 0 Å². The molecule has 4 heteroatoms. The summed E-state index contributed by atoms with van der Waals surface area (Å²) in [6.07, 6.45) is 0. The Morgan fingerprint density at radius 2 is 1.95 bits per heavy atom. The first-order valence-electron chi connectivity index (χ1n) is 7.52. The van der Waals surface area contributed by atoms with Crippen LogP contribution in [0.15, 0.2) is 18.2 Å². The summed E-state index contributed by atoms with van der Waals surface area (Å²) in [7, 11) is 0. The van der Waals surface area contributed by atoms with Crippen molar-refractivity contribution >= 4 is 0 Å². The molecule has 20 heavy (non-hydrogen) atoms. The standard InChI is InChI=1S/C16H26N2O2/c1-5-17-14(10-18(6-2)12(3)4)13-7-8-15-16(9-13)20-11-19-15/h7-9,12,14,17H,5-6,10-11H2,1-4H3. The molecule has 1 unspecified atom stereocenters. The average molecular weight is 278 g/mol. The normalized spacial score (nSPS) is 15.1. The van der Waals surface area contributed by atoms with Crippen LogP contribution in [0.3, 0.4) is 0 Å². The first-order valence-corrected chi connectivity index (χ1v) is 7.52. The number of fused-ring (bicyclic) bond motifs is 1. The van der Waals surface area contributed by atoms with Crippen molar-refractivity contribution in [3.63, 3.8) is 0 Å². The fourth-order valence-electron chi connectivity index (χ4n) is 2.60. The van der Waals surface area contributed by atoms with Crippen LogP contribution >= 0.6 is 0 Å². The van der Waals surface area contributed by atoms with Crippen molar-refractivity contribution in [2.75, 3.05) is 26.4 Å². The Morgan fingerprint density at radius 3 is 2.60 bits per heavy atom. The third-order valence-corrected chi connectivity index (χ3v) is 3.80. The fourth-order valence-corrected chi connectivity index (χ4v) is 2.60. The number of hydrogen-bond donors (Lipinski definition) is 1. The highest BCUT2D eigenvalue weighted by atomic mass is 16.7. The molecule has 1 aliphatic rings. The van der Waals surface area contributed by atoms with Crippen LogP contribution in [0.5, 0.6) is 11.5 Å². The van der Waals surface area contributed by atoms with E-state index in [4.69, 9.17) is 9.47 Å². The SMILES string of the molecule is CCNC(CN(CC)C(C)C)c1ccc2c(c1)OCO2. The lowest BCUT2D eigenvalue weighted by atomic mass is 10.0. The van der Waals surface area contributed by atoms with Gasteiger partial charge in [-0.1, -0.05) is 19.9 Å². The van der Waals surface area contributed by atoms with Crippen molar-refractivity contribution in [1.29, 1.82) is 0 Å². The predicted molar refractivity (Wildman–Crippen MR) is 81.4 cm³/mol. The molecule has 1 aromatic rings. The van der Waals surface area contributed by atoms with Gasteiger partial charge < -0.3 is 14.8 Å². The number of ether oxygens (including phenoxy) is 2. The number of benzene rings is 1. The summed E-state index contributed by atoms with van der Waals surface area (Å²) in [5, 5.41) is 3.57. The Morgan fingerprint density at radius 1 is 1.20 bits per heavy atom. The lowest BCUT2D eigenvalue weighted by molar-refractivity contribution is 0.174. The molecule has 112 valence electrons. The first-order chi connectivity index (χ1) is 9.65. The summed E-state index contributed by atoms with van der Waals surface area (Å²) in [6, 6.07) is 7.11. The van der Waals surface area contributed by atoms with Crippen molar-refractivity contribution in [3.05, 3.63) is 23.8 Å². The lowest BCUT2D eigenvalue weighted by Gasteiger charge is -2.30. The minimum atomic E-state index is 0.317. The van der Waals surface area contributed by atoms with Crippen molar-refractivity contribution < 1.29 is 9.47 Å². The van der Waals surface area contributed by atoms with E-state index in [1.54, 1.807) is 0 Å². The zero-order chi connectivity index (χ0) is 14.5. The topological polar surface area (TPSA) is 33.7 Å². The molecule has 0 amide bonds. The number of nitrogens with one attached hydrogen (secondary N) is 1. The van der Waals surface area contributed by atoms with Gasteiger partial charge in [0.2, 0.25) is 6.79 Å². The number of hydrogen-bond acceptors (Lipinski definition) is 4. The lowest BCUT2D eigenvalue weighted by Crippen LogP contribution is -2.39. The van der Waals surface area contributed by atoms with Gasteiger partial charge in [0, 0.05) is 18.6 Å². The molecule has 0 saturated carbocycles. The third kappa shape index (κ3) is 3.44. The van der Waals surface area contributed by atoms with Crippen molar-refractivity contribution in [2.45, 2.75) is 39.8 Å². The van der Waals surface area contributed by atoms with Crippen LogP contribution in [-0.4, -0.2) is 37.4 Å². The maximum absolute atomic E-state index is 5.48. The van der Waals surface area contributed by atoms with Gasteiger partial charge in [-0.15, -0.1) is 0 Å². The Hall–Kier alpha value is -1.26. The number of nitrogens with zero attached hydrogens (tertiary/aromatic N) is 1. The molecule has 4 nitrogen and oxygen atoms in total. The molecule has 0 spiro atoms. The highest BCUT2D eigenvalue weighted by Gasteiger charge is 2.20. The molecular weight excluding hydrogens is 252 g/mol. The van der Waals surface area contributed by atoms with E-state index in [2.05, 4.69) is 50.0 Å². The average Bonchev–Trinajstić information content (AvgIpc) is 2.90. The van der Waals surface area contributed by atoms with E-state index in [9.17, 15) is 0 Å². The quantitative estimate of drug-likeness (QED) is 0.831. The van der Waals surface area contributed by atoms with E-state index in [1.807, 2.05) is 6.07 Å². The van der Waals surface area contributed by atoms with E-state index >= 15 is 0 Å². The highest BCUT2D eigenvalue weighted by molar-refractivity contribution is 5.45. The maximum atomic E-state index is 5.48. The van der Waals surface area contributed by atoms with Crippen molar-refractivity contribution in [2.24, 2.45) is 0 Å². The molecule has 2 rings (SSSR count). The molecular formula is C16H26N2O2. The van der Waals surface area contributed by atoms with Crippen LogP contribution < -0.4 is 14.8 Å². The van der Waals surface area contributed by atoms with Crippen LogP contribution in [0.1, 0.15) is 39.3 Å². The second kappa shape index (κ2) is 6.95. The van der Waals surface area contributed by atoms with Crippen molar-refractivity contribution in [3.8, 4) is 11.5 Å². The summed E-state index contributed by atoms with van der Waals surface area (Å²) < 4.78 is 10.9. The van der Waals surface area contributed by atoms with Crippen LogP contribution in [0.4, 0.5) is 0 Å². The van der Waals surface area contributed by atoms with Gasteiger partial charge in [0.1, 0.15) is 0 Å². The van der Waals surface area contributed by atoms with Crippen LogP contribution in [0, 0.1) is 0 Å². The predicted octanol–water partition coefficient (Wildman–Crippen LogP) is 2.80. The third-order valence-electron chi connectivity index (χ3n) is 3.80. The minimum absolute atomic E-state index is 0.317. The first kappa shape index (κ1) is 15.1. The largest absolute Gasteiger partial charge is 0.454 e. The molecule has 1 heterocycles. The summed E-state index contributed by atoms with van der Waals surface area (Å²) in [6.45, 7) is 12.2. The monoisotopic (exact) mass is 278 g/mol. The van der Waals surface area contributed by atoms with Gasteiger partial charge in [-0.2, -0.15) is 0 Å². The molecule has 1 atom stereocenters. The molecule has 1 N–H and O–H groups in total. The van der Waals surface area contributed by atoms with Crippen LogP contribution in [0.25, 0.3) is 0 Å². The molecule has 0 fully saturated rings. The van der Waals surface area contributed by atoms with E-state index in [0.29, 0.717) is 18.9 Å². The molecule has 0 radical (unpaired) electrons. The Balaban J connectivity index is 2.15. The molecule has 1 aliphatic heterocycles. The Kier molecular flexibility index (Phi) is 5.26. The number of likely N-dealkylation sites (N-methyl/N-ethyl adjacent to an activating group) is 2. The second-order valence-corrected chi connectivity index (χ2v) is 5.40. The Bertz CT molecular complexity index is 434. The van der Waals surface area contributed by atoms with Gasteiger partial charge in [0.25, 0.3) is 0 Å². The minimum Gasteiger partial charge on any atom is -0.454 e. The fraction of sp³-hybridized carbons (Fsp3) is 0.625. The number of rotatable bonds is 7. The summed E-state index contributed by atoms with van der Waals surface area (Å²) in [5.74, 6) is 1.71. The Labute approximate surface area is 122 Å². The van der Waals surface area contributed by atoms with E-state index < -0.39 is 0 Å². The molecule has 0 aromatic heterocycles. The molecule has 0 saturated heterocycles. The van der Waals surface area contributed by atoms with Crippen LogP contribution in [-0.2, 0) is 0 Å². The summed E-state index contributed by atoms with van der Waals surface area (Å²) >= 11 is 0. The zero-order valence-corrected chi connectivity index (χ0v) is 13.0. The summed E-state index contributed by atoms with van der Waals surface area (Å²) in [4.78, 5) is 2.47. The van der Waals surface area contributed by atoms with E-state index in [1.165, 1.54) is 5.56 Å². The smallest absolute Gasteiger partial charge is 0.231 e. The van der Waals surface area contributed by atoms with Gasteiger partial charge in [-0.25, -0.2) is 0 Å². The zero-order valence-electron chi connectivity index (χ0n) is 13.0. The molecule has 0 bridgehead atoms. The molecule has 0 aliphatic carbocycles. The maximum Gasteiger partial charge on any atom is 0.231 e.